The summed E-state index contributed by atoms with van der Waals surface area (Å²) in [6, 6.07) is 5.17. The van der Waals surface area contributed by atoms with Gasteiger partial charge in [-0.15, -0.1) is 0 Å². The molecule has 6 heteroatoms. The third-order valence-corrected chi connectivity index (χ3v) is 4.00. The predicted octanol–water partition coefficient (Wildman–Crippen LogP) is 2.22. The van der Waals surface area contributed by atoms with Crippen molar-refractivity contribution in [1.29, 1.82) is 0 Å². The third kappa shape index (κ3) is 5.92. The van der Waals surface area contributed by atoms with E-state index >= 15 is 0 Å². The van der Waals surface area contributed by atoms with Gasteiger partial charge < -0.3 is 24.8 Å². The largest absolute Gasteiger partial charge is 0.508 e. The average Bonchev–Trinajstić information content (AvgIpc) is 3.41. The highest BCUT2D eigenvalue weighted by molar-refractivity contribution is 5.79. The number of rotatable bonds is 9. The zero-order valence-corrected chi connectivity index (χ0v) is 14.9. The summed E-state index contributed by atoms with van der Waals surface area (Å²) in [5.74, 6) is 2.53. The summed E-state index contributed by atoms with van der Waals surface area (Å²) in [6.07, 6.45) is 2.62. The van der Waals surface area contributed by atoms with Crippen LogP contribution in [0.1, 0.15) is 25.3 Å². The Bertz CT molecular complexity index is 544. The molecule has 1 aromatic rings. The van der Waals surface area contributed by atoms with Gasteiger partial charge in [-0.2, -0.15) is 0 Å². The normalized spacial score (nSPS) is 14.5. The van der Waals surface area contributed by atoms with E-state index < -0.39 is 0 Å². The molecule has 1 aromatic carbocycles. The second-order valence-corrected chi connectivity index (χ2v) is 6.10. The van der Waals surface area contributed by atoms with Gasteiger partial charge in [-0.25, -0.2) is 4.99 Å². The molecular weight excluding hydrogens is 306 g/mol. The molecule has 2 rings (SSSR count). The van der Waals surface area contributed by atoms with Crippen molar-refractivity contribution < 1.29 is 14.6 Å². The van der Waals surface area contributed by atoms with Gasteiger partial charge in [-0.1, -0.05) is 0 Å². The van der Waals surface area contributed by atoms with Crippen molar-refractivity contribution in [1.82, 2.24) is 10.2 Å². The second-order valence-electron chi connectivity index (χ2n) is 6.10. The van der Waals surface area contributed by atoms with Crippen molar-refractivity contribution >= 4 is 5.96 Å². The van der Waals surface area contributed by atoms with Crippen LogP contribution in [0.15, 0.2) is 23.2 Å². The molecule has 0 atom stereocenters. The van der Waals surface area contributed by atoms with Gasteiger partial charge in [0.1, 0.15) is 11.5 Å². The van der Waals surface area contributed by atoms with E-state index in [-0.39, 0.29) is 5.75 Å². The number of hydrogen-bond donors (Lipinski definition) is 2. The summed E-state index contributed by atoms with van der Waals surface area (Å²) in [7, 11) is 3.60. The van der Waals surface area contributed by atoms with E-state index in [1.807, 2.05) is 18.9 Å². The Kier molecular flexibility index (Phi) is 7.18. The molecule has 0 aromatic heterocycles. The number of likely N-dealkylation sites (N-methyl/N-ethyl adjacent to an activating group) is 1. The van der Waals surface area contributed by atoms with Crippen LogP contribution in [0.5, 0.6) is 11.5 Å². The molecule has 2 N–H and O–H groups in total. The SMILES string of the molecule is CCNC(=NCc1cc(OC)ccc1O)N(C)CCOCC1CC1. The Morgan fingerprint density at radius 2 is 2.21 bits per heavy atom. The molecule has 0 spiro atoms. The molecule has 0 heterocycles. The minimum absolute atomic E-state index is 0.228. The maximum atomic E-state index is 9.96. The maximum Gasteiger partial charge on any atom is 0.194 e. The van der Waals surface area contributed by atoms with Gasteiger partial charge in [-0.3, -0.25) is 0 Å². The first-order valence-electron chi connectivity index (χ1n) is 8.57. The third-order valence-electron chi connectivity index (χ3n) is 4.00. The lowest BCUT2D eigenvalue weighted by molar-refractivity contribution is 0.115. The molecule has 0 bridgehead atoms. The fraction of sp³-hybridized carbons (Fsp3) is 0.611. The van der Waals surface area contributed by atoms with Crippen LogP contribution in [0.2, 0.25) is 0 Å². The quantitative estimate of drug-likeness (QED) is 0.411. The van der Waals surface area contributed by atoms with Crippen LogP contribution >= 0.6 is 0 Å². The van der Waals surface area contributed by atoms with Crippen molar-refractivity contribution in [2.75, 3.05) is 40.5 Å². The number of nitrogens with one attached hydrogen (secondary N) is 1. The minimum Gasteiger partial charge on any atom is -0.508 e. The van der Waals surface area contributed by atoms with E-state index in [1.165, 1.54) is 12.8 Å². The predicted molar refractivity (Wildman–Crippen MR) is 95.6 cm³/mol. The van der Waals surface area contributed by atoms with Crippen LogP contribution in [0, 0.1) is 5.92 Å². The Balaban J connectivity index is 1.90. The molecule has 0 unspecified atom stereocenters. The Hall–Kier alpha value is -1.95. The zero-order valence-electron chi connectivity index (χ0n) is 14.9. The van der Waals surface area contributed by atoms with Gasteiger partial charge in [0.2, 0.25) is 0 Å². The van der Waals surface area contributed by atoms with E-state index in [4.69, 9.17) is 9.47 Å². The number of phenols is 1. The molecule has 0 aliphatic heterocycles. The lowest BCUT2D eigenvalue weighted by atomic mass is 10.2. The van der Waals surface area contributed by atoms with Crippen LogP contribution in [-0.4, -0.2) is 56.4 Å². The van der Waals surface area contributed by atoms with Crippen molar-refractivity contribution in [2.24, 2.45) is 10.9 Å². The highest BCUT2D eigenvalue weighted by atomic mass is 16.5. The molecule has 1 fully saturated rings. The number of methoxy groups -OCH3 is 1. The number of ether oxygens (including phenoxy) is 2. The van der Waals surface area contributed by atoms with Crippen LogP contribution in [-0.2, 0) is 11.3 Å². The molecule has 1 saturated carbocycles. The first-order valence-corrected chi connectivity index (χ1v) is 8.57. The number of hydrogen-bond acceptors (Lipinski definition) is 4. The van der Waals surface area contributed by atoms with Gasteiger partial charge in [-0.05, 0) is 43.9 Å². The standard InChI is InChI=1S/C18H29N3O3/c1-4-19-18(21(2)9-10-24-13-14-5-6-14)20-12-15-11-16(23-3)7-8-17(15)22/h7-8,11,14,22H,4-6,9-10,12-13H2,1-3H3,(H,19,20). The highest BCUT2D eigenvalue weighted by Gasteiger charge is 2.21. The Morgan fingerprint density at radius 1 is 1.42 bits per heavy atom. The van der Waals surface area contributed by atoms with E-state index in [2.05, 4.69) is 10.3 Å². The lowest BCUT2D eigenvalue weighted by Crippen LogP contribution is -2.40. The van der Waals surface area contributed by atoms with E-state index in [0.29, 0.717) is 18.9 Å². The molecule has 0 radical (unpaired) electrons. The van der Waals surface area contributed by atoms with E-state index in [1.54, 1.807) is 25.3 Å². The van der Waals surface area contributed by atoms with Crippen LogP contribution in [0.4, 0.5) is 0 Å². The molecule has 0 saturated heterocycles. The number of guanidine groups is 1. The summed E-state index contributed by atoms with van der Waals surface area (Å²) in [5, 5.41) is 13.2. The fourth-order valence-corrected chi connectivity index (χ4v) is 2.29. The molecular formula is C18H29N3O3. The van der Waals surface area contributed by atoms with Gasteiger partial charge in [0.25, 0.3) is 0 Å². The van der Waals surface area contributed by atoms with Gasteiger partial charge in [0.05, 0.1) is 20.3 Å². The lowest BCUT2D eigenvalue weighted by Gasteiger charge is -2.22. The number of nitrogens with zero attached hydrogens (tertiary/aromatic N) is 2. The van der Waals surface area contributed by atoms with Crippen molar-refractivity contribution in [2.45, 2.75) is 26.3 Å². The van der Waals surface area contributed by atoms with Crippen molar-refractivity contribution in [3.05, 3.63) is 23.8 Å². The molecule has 0 amide bonds. The van der Waals surface area contributed by atoms with Gasteiger partial charge in [0.15, 0.2) is 5.96 Å². The first kappa shape index (κ1) is 18.4. The number of aromatic hydroxyl groups is 1. The van der Waals surface area contributed by atoms with Crippen LogP contribution < -0.4 is 10.1 Å². The van der Waals surface area contributed by atoms with E-state index in [9.17, 15) is 5.11 Å². The van der Waals surface area contributed by atoms with Gasteiger partial charge in [0, 0.05) is 32.3 Å². The monoisotopic (exact) mass is 335 g/mol. The smallest absolute Gasteiger partial charge is 0.194 e. The molecule has 24 heavy (non-hydrogen) atoms. The number of phenolic OH excluding ortho intramolecular Hbond substituents is 1. The molecule has 1 aliphatic rings. The number of benzene rings is 1. The zero-order chi connectivity index (χ0) is 17.4. The minimum atomic E-state index is 0.228. The summed E-state index contributed by atoms with van der Waals surface area (Å²) < 4.78 is 10.9. The average molecular weight is 335 g/mol. The van der Waals surface area contributed by atoms with Crippen molar-refractivity contribution in [3.8, 4) is 11.5 Å². The van der Waals surface area contributed by atoms with Gasteiger partial charge >= 0.3 is 0 Å². The van der Waals surface area contributed by atoms with Crippen LogP contribution in [0.25, 0.3) is 0 Å². The summed E-state index contributed by atoms with van der Waals surface area (Å²) in [4.78, 5) is 6.66. The van der Waals surface area contributed by atoms with Crippen molar-refractivity contribution in [3.63, 3.8) is 0 Å². The Morgan fingerprint density at radius 3 is 2.88 bits per heavy atom. The molecule has 1 aliphatic carbocycles. The fourth-order valence-electron chi connectivity index (χ4n) is 2.29. The van der Waals surface area contributed by atoms with E-state index in [0.717, 1.165) is 37.1 Å². The summed E-state index contributed by atoms with van der Waals surface area (Å²) in [6.45, 7) is 5.56. The molecule has 134 valence electrons. The first-order chi connectivity index (χ1) is 11.6. The molecule has 6 nitrogen and oxygen atoms in total. The topological polar surface area (TPSA) is 66.3 Å². The number of aliphatic imine (C=N–C) groups is 1. The highest BCUT2D eigenvalue weighted by Crippen LogP contribution is 2.28. The summed E-state index contributed by atoms with van der Waals surface area (Å²) >= 11 is 0. The maximum absolute atomic E-state index is 9.96. The summed E-state index contributed by atoms with van der Waals surface area (Å²) in [5.41, 5.74) is 0.739. The Labute approximate surface area is 144 Å². The van der Waals surface area contributed by atoms with Crippen LogP contribution in [0.3, 0.4) is 0 Å². The second kappa shape index (κ2) is 9.37.